The molecule has 5 rings (SSSR count). The minimum atomic E-state index is 0.984. The molecule has 1 aliphatic rings. The van der Waals surface area contributed by atoms with Crippen LogP contribution in [0.4, 0.5) is 0 Å². The lowest BCUT2D eigenvalue weighted by Gasteiger charge is -2.04. The third-order valence-corrected chi connectivity index (χ3v) is 6.48. The Kier molecular flexibility index (Phi) is 4.03. The second-order valence-electron chi connectivity index (χ2n) is 7.02. The van der Waals surface area contributed by atoms with Crippen LogP contribution in [0, 0.1) is 6.92 Å². The topological polar surface area (TPSA) is 0 Å². The zero-order valence-electron chi connectivity index (χ0n) is 15.3. The van der Waals surface area contributed by atoms with Gasteiger partial charge in [-0.3, -0.25) is 0 Å². The first kappa shape index (κ1) is 16.3. The number of allylic oxidation sites excluding steroid dienone is 6. The normalized spacial score (nSPS) is 13.9. The van der Waals surface area contributed by atoms with Crippen molar-refractivity contribution in [3.63, 3.8) is 0 Å². The molecule has 0 fully saturated rings. The molecule has 3 aromatic carbocycles. The fourth-order valence-corrected chi connectivity index (χ4v) is 5.16. The monoisotopic (exact) mass is 364 g/mol. The van der Waals surface area contributed by atoms with E-state index >= 15 is 0 Å². The Morgan fingerprint density at radius 2 is 1.44 bits per heavy atom. The smallest absolute Gasteiger partial charge is 0.0434 e. The molecule has 0 radical (unpaired) electrons. The van der Waals surface area contributed by atoms with Gasteiger partial charge in [0.05, 0.1) is 0 Å². The minimum absolute atomic E-state index is 0.984. The Bertz CT molecular complexity index is 1230. The molecule has 0 nitrogen and oxygen atoms in total. The van der Waals surface area contributed by atoms with Gasteiger partial charge in [-0.15, -0.1) is 11.3 Å². The molecule has 130 valence electrons. The number of hydrogen-bond acceptors (Lipinski definition) is 1. The predicted octanol–water partition coefficient (Wildman–Crippen LogP) is 7.93. The van der Waals surface area contributed by atoms with Crippen molar-refractivity contribution in [3.8, 4) is 11.1 Å². The predicted molar refractivity (Wildman–Crippen MR) is 120 cm³/mol. The van der Waals surface area contributed by atoms with Gasteiger partial charge in [-0.05, 0) is 35.6 Å². The Labute approximate surface area is 163 Å². The molecular weight excluding hydrogens is 344 g/mol. The highest BCUT2D eigenvalue weighted by Crippen LogP contribution is 2.42. The summed E-state index contributed by atoms with van der Waals surface area (Å²) in [5.74, 6) is 0. The molecule has 1 heteroatoms. The van der Waals surface area contributed by atoms with Crippen LogP contribution < -0.4 is 0 Å². The SMILES string of the molecule is Cc1ccc(-c2cccc3c2sc2c(C4=CCC=CC=C4)cccc23)cc1. The van der Waals surface area contributed by atoms with Crippen molar-refractivity contribution in [2.24, 2.45) is 0 Å². The Balaban J connectivity index is 1.77. The third kappa shape index (κ3) is 2.85. The maximum Gasteiger partial charge on any atom is 0.0434 e. The molecule has 1 aliphatic carbocycles. The van der Waals surface area contributed by atoms with Crippen LogP contribution in [0.1, 0.15) is 17.5 Å². The zero-order chi connectivity index (χ0) is 18.2. The van der Waals surface area contributed by atoms with Crippen molar-refractivity contribution in [1.82, 2.24) is 0 Å². The van der Waals surface area contributed by atoms with E-state index in [1.54, 1.807) is 0 Å². The van der Waals surface area contributed by atoms with Crippen molar-refractivity contribution in [3.05, 3.63) is 102 Å². The maximum absolute atomic E-state index is 2.32. The van der Waals surface area contributed by atoms with E-state index in [1.807, 2.05) is 11.3 Å². The average Bonchev–Trinajstić information content (AvgIpc) is 2.88. The number of hydrogen-bond donors (Lipinski definition) is 0. The van der Waals surface area contributed by atoms with Crippen molar-refractivity contribution in [1.29, 1.82) is 0 Å². The standard InChI is InChI=1S/C26H20S/c1-18-14-16-20(17-15-18)22-11-7-13-24-23-12-6-10-21(25(23)27-26(22)24)19-8-4-2-3-5-9-19/h2-4,6-17H,5H2,1H3. The van der Waals surface area contributed by atoms with Gasteiger partial charge in [-0.2, -0.15) is 0 Å². The van der Waals surface area contributed by atoms with E-state index in [2.05, 4.69) is 98.0 Å². The molecule has 27 heavy (non-hydrogen) atoms. The molecule has 4 aromatic rings. The van der Waals surface area contributed by atoms with E-state index in [0.29, 0.717) is 0 Å². The first-order chi connectivity index (χ1) is 13.3. The Morgan fingerprint density at radius 1 is 0.741 bits per heavy atom. The molecule has 0 spiro atoms. The Morgan fingerprint density at radius 3 is 2.22 bits per heavy atom. The number of benzene rings is 3. The number of aryl methyl sites for hydroxylation is 1. The highest BCUT2D eigenvalue weighted by atomic mass is 32.1. The largest absolute Gasteiger partial charge is 0.134 e. The van der Waals surface area contributed by atoms with Gasteiger partial charge in [0.25, 0.3) is 0 Å². The van der Waals surface area contributed by atoms with Gasteiger partial charge < -0.3 is 0 Å². The molecule has 1 heterocycles. The van der Waals surface area contributed by atoms with Crippen LogP contribution in [0.2, 0.25) is 0 Å². The van der Waals surface area contributed by atoms with Crippen molar-refractivity contribution < 1.29 is 0 Å². The molecule has 1 aromatic heterocycles. The molecule has 0 unspecified atom stereocenters. The summed E-state index contributed by atoms with van der Waals surface area (Å²) in [7, 11) is 0. The Hall–Kier alpha value is -2.90. The van der Waals surface area contributed by atoms with E-state index in [4.69, 9.17) is 0 Å². The fraction of sp³-hybridized carbons (Fsp3) is 0.0769. The third-order valence-electron chi connectivity index (χ3n) is 5.19. The summed E-state index contributed by atoms with van der Waals surface area (Å²) in [6.07, 6.45) is 12.0. The highest BCUT2D eigenvalue weighted by Gasteiger charge is 2.14. The first-order valence-electron chi connectivity index (χ1n) is 9.36. The second kappa shape index (κ2) is 6.68. The van der Waals surface area contributed by atoms with Gasteiger partial charge in [-0.1, -0.05) is 96.6 Å². The summed E-state index contributed by atoms with van der Waals surface area (Å²) in [5, 5.41) is 2.71. The minimum Gasteiger partial charge on any atom is -0.134 e. The van der Waals surface area contributed by atoms with E-state index < -0.39 is 0 Å². The highest BCUT2D eigenvalue weighted by molar-refractivity contribution is 7.26. The van der Waals surface area contributed by atoms with E-state index in [-0.39, 0.29) is 0 Å². The quantitative estimate of drug-likeness (QED) is 0.339. The van der Waals surface area contributed by atoms with Crippen LogP contribution in [0.5, 0.6) is 0 Å². The summed E-state index contributed by atoms with van der Waals surface area (Å²) >= 11 is 1.92. The molecule has 0 amide bonds. The lowest BCUT2D eigenvalue weighted by Crippen LogP contribution is -1.81. The molecule has 0 saturated carbocycles. The maximum atomic E-state index is 2.32. The van der Waals surface area contributed by atoms with Crippen molar-refractivity contribution in [2.45, 2.75) is 13.3 Å². The fourth-order valence-electron chi connectivity index (χ4n) is 3.79. The van der Waals surface area contributed by atoms with Gasteiger partial charge >= 0.3 is 0 Å². The van der Waals surface area contributed by atoms with E-state index in [1.165, 1.54) is 48.0 Å². The van der Waals surface area contributed by atoms with Crippen LogP contribution in [0.15, 0.2) is 91.0 Å². The van der Waals surface area contributed by atoms with Crippen LogP contribution >= 0.6 is 11.3 Å². The van der Waals surface area contributed by atoms with Crippen LogP contribution in [0.3, 0.4) is 0 Å². The van der Waals surface area contributed by atoms with Crippen molar-refractivity contribution >= 4 is 37.1 Å². The second-order valence-corrected chi connectivity index (χ2v) is 8.04. The molecule has 0 bridgehead atoms. The van der Waals surface area contributed by atoms with E-state index in [0.717, 1.165) is 6.42 Å². The van der Waals surface area contributed by atoms with Gasteiger partial charge in [0.15, 0.2) is 0 Å². The van der Waals surface area contributed by atoms with Crippen LogP contribution in [0.25, 0.3) is 36.9 Å². The molecule has 0 atom stereocenters. The summed E-state index contributed by atoms with van der Waals surface area (Å²) in [6, 6.07) is 22.3. The lowest BCUT2D eigenvalue weighted by atomic mass is 9.99. The summed E-state index contributed by atoms with van der Waals surface area (Å²) in [6.45, 7) is 2.14. The lowest BCUT2D eigenvalue weighted by molar-refractivity contribution is 1.41. The molecule has 0 saturated heterocycles. The van der Waals surface area contributed by atoms with Crippen LogP contribution in [-0.4, -0.2) is 0 Å². The van der Waals surface area contributed by atoms with Crippen LogP contribution in [-0.2, 0) is 0 Å². The van der Waals surface area contributed by atoms with Gasteiger partial charge in [0, 0.05) is 20.2 Å². The average molecular weight is 365 g/mol. The molecule has 0 aliphatic heterocycles. The zero-order valence-corrected chi connectivity index (χ0v) is 16.1. The van der Waals surface area contributed by atoms with Crippen molar-refractivity contribution in [2.75, 3.05) is 0 Å². The number of rotatable bonds is 2. The molecule has 0 N–H and O–H groups in total. The van der Waals surface area contributed by atoms with Gasteiger partial charge in [0.2, 0.25) is 0 Å². The summed E-state index contributed by atoms with van der Waals surface area (Å²) in [5.41, 5.74) is 6.56. The number of thiophene rings is 1. The first-order valence-corrected chi connectivity index (χ1v) is 10.2. The number of fused-ring (bicyclic) bond motifs is 3. The summed E-state index contributed by atoms with van der Waals surface area (Å²) < 4.78 is 2.75. The van der Waals surface area contributed by atoms with Gasteiger partial charge in [0.1, 0.15) is 0 Å². The molecular formula is C26H20S. The van der Waals surface area contributed by atoms with E-state index in [9.17, 15) is 0 Å². The van der Waals surface area contributed by atoms with Gasteiger partial charge in [-0.25, -0.2) is 0 Å². The summed E-state index contributed by atoms with van der Waals surface area (Å²) in [4.78, 5) is 0.